The van der Waals surface area contributed by atoms with Gasteiger partial charge in [-0.05, 0) is 6.42 Å². The third-order valence-electron chi connectivity index (χ3n) is 1.76. The van der Waals surface area contributed by atoms with Gasteiger partial charge in [-0.1, -0.05) is 12.2 Å². The van der Waals surface area contributed by atoms with E-state index in [0.717, 1.165) is 0 Å². The van der Waals surface area contributed by atoms with Gasteiger partial charge in [-0.3, -0.25) is 0 Å². The first kappa shape index (κ1) is 3.67. The summed E-state index contributed by atoms with van der Waals surface area (Å²) in [4.78, 5) is 0. The fourth-order valence-electron chi connectivity index (χ4n) is 1.15. The van der Waals surface area contributed by atoms with Gasteiger partial charge in [-0.25, -0.2) is 0 Å². The monoisotopic (exact) mass is 95.0 g/mol. The number of fused-ring (bicyclic) bond motifs is 1. The van der Waals surface area contributed by atoms with E-state index < -0.39 is 0 Å². The first-order valence-corrected chi connectivity index (χ1v) is 2.59. The smallest absolute Gasteiger partial charge is 0.0647 e. The van der Waals surface area contributed by atoms with E-state index in [9.17, 15) is 0 Å². The van der Waals surface area contributed by atoms with Crippen LogP contribution in [0.1, 0.15) is 0 Å². The Hall–Kier alpha value is -0.300. The Morgan fingerprint density at radius 3 is 2.43 bits per heavy atom. The lowest BCUT2D eigenvalue weighted by Gasteiger charge is -1.81. The maximum Gasteiger partial charge on any atom is 0.0647 e. The van der Waals surface area contributed by atoms with Crippen LogP contribution in [0.2, 0.25) is 0 Å². The Morgan fingerprint density at radius 1 is 1.29 bits per heavy atom. The van der Waals surface area contributed by atoms with Gasteiger partial charge in [0, 0.05) is 11.8 Å². The summed E-state index contributed by atoms with van der Waals surface area (Å²) in [5.41, 5.74) is 0. The molecule has 0 aromatic carbocycles. The van der Waals surface area contributed by atoms with Gasteiger partial charge in [0.05, 0.1) is 6.10 Å². The molecule has 1 N–H and O–H groups in total. The molecule has 0 aliphatic heterocycles. The molecule has 0 aromatic rings. The normalized spacial score (nSPS) is 54.7. The Kier molecular flexibility index (Phi) is 0.482. The summed E-state index contributed by atoms with van der Waals surface area (Å²) in [5, 5.41) is 8.86. The molecule has 37 valence electrons. The van der Waals surface area contributed by atoms with Crippen LogP contribution < -0.4 is 0 Å². The Balaban J connectivity index is 2.18. The molecule has 1 heteroatoms. The van der Waals surface area contributed by atoms with Gasteiger partial charge in [0.2, 0.25) is 0 Å². The van der Waals surface area contributed by atoms with Crippen LogP contribution in [0.4, 0.5) is 0 Å². The summed E-state index contributed by atoms with van der Waals surface area (Å²) in [5.74, 6) is 1.000. The molecule has 0 saturated heterocycles. The fraction of sp³-hybridized carbons (Fsp3) is 0.500. The Labute approximate surface area is 42.7 Å². The summed E-state index contributed by atoms with van der Waals surface area (Å²) < 4.78 is 0. The van der Waals surface area contributed by atoms with Crippen LogP contribution in [0.5, 0.6) is 0 Å². The van der Waals surface area contributed by atoms with Crippen molar-refractivity contribution in [3.8, 4) is 0 Å². The zero-order valence-corrected chi connectivity index (χ0v) is 3.91. The fourth-order valence-corrected chi connectivity index (χ4v) is 1.15. The largest absolute Gasteiger partial charge is 0.392 e. The van der Waals surface area contributed by atoms with Crippen LogP contribution in [0.15, 0.2) is 12.2 Å². The molecule has 0 spiro atoms. The second-order valence-electron chi connectivity index (χ2n) is 2.22. The minimum Gasteiger partial charge on any atom is -0.392 e. The van der Waals surface area contributed by atoms with Gasteiger partial charge >= 0.3 is 0 Å². The van der Waals surface area contributed by atoms with E-state index in [1.165, 1.54) is 0 Å². The lowest BCUT2D eigenvalue weighted by atomic mass is 10.3. The molecule has 0 heterocycles. The zero-order valence-electron chi connectivity index (χ0n) is 3.91. The zero-order chi connectivity index (χ0) is 4.85. The quantitative estimate of drug-likeness (QED) is 0.460. The molecule has 2 aliphatic carbocycles. The number of aliphatic hydroxyl groups excluding tert-OH is 1. The molecule has 1 fully saturated rings. The first-order chi connectivity index (χ1) is 3.39. The van der Waals surface area contributed by atoms with Crippen LogP contribution in [-0.2, 0) is 0 Å². The van der Waals surface area contributed by atoms with E-state index in [4.69, 9.17) is 5.11 Å². The maximum absolute atomic E-state index is 8.86. The summed E-state index contributed by atoms with van der Waals surface area (Å²) in [6.07, 6.45) is 6.14. The van der Waals surface area contributed by atoms with Crippen molar-refractivity contribution in [3.05, 3.63) is 18.6 Å². The molecule has 0 aromatic heterocycles. The standard InChI is InChI=1S/C6H7O/c7-6-4-2-1-3-5(4)6/h1-7H. The van der Waals surface area contributed by atoms with Gasteiger partial charge in [0.25, 0.3) is 0 Å². The molecule has 1 nitrogen and oxygen atoms in total. The lowest BCUT2D eigenvalue weighted by molar-refractivity contribution is 0.256. The molecule has 2 aliphatic rings. The van der Waals surface area contributed by atoms with Crippen molar-refractivity contribution in [2.75, 3.05) is 0 Å². The predicted molar refractivity (Wildman–Crippen MR) is 26.4 cm³/mol. The highest BCUT2D eigenvalue weighted by Gasteiger charge is 2.49. The highest BCUT2D eigenvalue weighted by molar-refractivity contribution is 5.26. The van der Waals surface area contributed by atoms with E-state index in [1.54, 1.807) is 0 Å². The van der Waals surface area contributed by atoms with Crippen LogP contribution >= 0.6 is 0 Å². The molecule has 0 amide bonds. The summed E-state index contributed by atoms with van der Waals surface area (Å²) in [7, 11) is 0. The number of rotatable bonds is 0. The molecule has 3 unspecified atom stereocenters. The van der Waals surface area contributed by atoms with E-state index in [1.807, 2.05) is 6.08 Å². The van der Waals surface area contributed by atoms with Crippen molar-refractivity contribution in [1.29, 1.82) is 0 Å². The minimum absolute atomic E-state index is 0.0231. The molecule has 3 atom stereocenters. The average Bonchev–Trinajstić information content (AvgIpc) is 2.26. The third kappa shape index (κ3) is 0.317. The van der Waals surface area contributed by atoms with E-state index >= 15 is 0 Å². The van der Waals surface area contributed by atoms with Crippen molar-refractivity contribution >= 4 is 0 Å². The number of allylic oxidation sites excluding steroid dienone is 1. The Bertz CT molecular complexity index is 117. The van der Waals surface area contributed by atoms with E-state index in [0.29, 0.717) is 11.8 Å². The minimum atomic E-state index is -0.0231. The second kappa shape index (κ2) is 0.920. The highest BCUT2D eigenvalue weighted by Crippen LogP contribution is 2.46. The maximum atomic E-state index is 8.86. The molecule has 2 rings (SSSR count). The van der Waals surface area contributed by atoms with Crippen LogP contribution in [0.3, 0.4) is 0 Å². The molecule has 1 radical (unpaired) electrons. The third-order valence-corrected chi connectivity index (χ3v) is 1.76. The predicted octanol–water partition coefficient (Wildman–Crippen LogP) is 0.367. The highest BCUT2D eigenvalue weighted by atomic mass is 16.3. The van der Waals surface area contributed by atoms with Gasteiger partial charge in [0.1, 0.15) is 0 Å². The molecular weight excluding hydrogens is 88.1 g/mol. The van der Waals surface area contributed by atoms with Gasteiger partial charge in [-0.2, -0.15) is 0 Å². The van der Waals surface area contributed by atoms with Crippen molar-refractivity contribution in [1.82, 2.24) is 0 Å². The van der Waals surface area contributed by atoms with Crippen molar-refractivity contribution < 1.29 is 5.11 Å². The lowest BCUT2D eigenvalue weighted by Crippen LogP contribution is -1.84. The SMILES string of the molecule is OC1C2[CH]C=CC12. The number of hydrogen-bond acceptors (Lipinski definition) is 1. The Morgan fingerprint density at radius 2 is 2.14 bits per heavy atom. The topological polar surface area (TPSA) is 20.2 Å². The van der Waals surface area contributed by atoms with E-state index in [-0.39, 0.29) is 6.10 Å². The van der Waals surface area contributed by atoms with Crippen molar-refractivity contribution in [2.24, 2.45) is 11.8 Å². The summed E-state index contributed by atoms with van der Waals surface area (Å²) >= 11 is 0. The molecule has 7 heavy (non-hydrogen) atoms. The number of hydrogen-bond donors (Lipinski definition) is 1. The van der Waals surface area contributed by atoms with Gasteiger partial charge in [0.15, 0.2) is 0 Å². The van der Waals surface area contributed by atoms with Gasteiger partial charge < -0.3 is 5.11 Å². The van der Waals surface area contributed by atoms with Gasteiger partial charge in [-0.15, -0.1) is 0 Å². The van der Waals surface area contributed by atoms with E-state index in [2.05, 4.69) is 12.5 Å². The average molecular weight is 95.1 g/mol. The summed E-state index contributed by atoms with van der Waals surface area (Å²) in [6, 6.07) is 0. The summed E-state index contributed by atoms with van der Waals surface area (Å²) in [6.45, 7) is 0. The second-order valence-corrected chi connectivity index (χ2v) is 2.22. The van der Waals surface area contributed by atoms with Crippen LogP contribution in [0, 0.1) is 18.3 Å². The first-order valence-electron chi connectivity index (χ1n) is 2.59. The van der Waals surface area contributed by atoms with Crippen LogP contribution in [-0.4, -0.2) is 11.2 Å². The molecule has 1 saturated carbocycles. The number of aliphatic hydroxyl groups is 1. The van der Waals surface area contributed by atoms with Crippen molar-refractivity contribution in [3.63, 3.8) is 0 Å². The van der Waals surface area contributed by atoms with Crippen molar-refractivity contribution in [2.45, 2.75) is 6.10 Å². The van der Waals surface area contributed by atoms with Crippen LogP contribution in [0.25, 0.3) is 0 Å². The molecular formula is C6H7O. The molecule has 0 bridgehead atoms.